The lowest BCUT2D eigenvalue weighted by Gasteiger charge is -2.25. The largest absolute Gasteiger partial charge is 1.00 e. The molecule has 3 heteroatoms. The second kappa shape index (κ2) is 5.16. The Bertz CT molecular complexity index is 342. The van der Waals surface area contributed by atoms with Crippen LogP contribution in [0.4, 0.5) is 5.69 Å². The maximum atomic E-state index is 5.35. The van der Waals surface area contributed by atoms with Gasteiger partial charge in [0.25, 0.3) is 0 Å². The molecule has 0 bridgehead atoms. The van der Waals surface area contributed by atoms with Gasteiger partial charge in [0, 0.05) is 12.1 Å². The van der Waals surface area contributed by atoms with Gasteiger partial charge in [-0.2, -0.15) is 0 Å². The van der Waals surface area contributed by atoms with Crippen molar-refractivity contribution >= 4 is 5.69 Å². The van der Waals surface area contributed by atoms with Crippen LogP contribution in [0.3, 0.4) is 0 Å². The molecule has 0 amide bonds. The Morgan fingerprint density at radius 3 is 2.00 bits per heavy atom. The predicted octanol–water partition coefficient (Wildman–Crippen LogP) is -0.487. The summed E-state index contributed by atoms with van der Waals surface area (Å²) in [7, 11) is 8.19. The molecule has 0 aliphatic heterocycles. The number of quaternary nitrogens is 1. The van der Waals surface area contributed by atoms with Gasteiger partial charge in [-0.15, -0.1) is 0 Å². The molecule has 0 spiro atoms. The van der Waals surface area contributed by atoms with Gasteiger partial charge in [0.05, 0.1) is 28.3 Å². The lowest BCUT2D eigenvalue weighted by atomic mass is 10.1. The van der Waals surface area contributed by atoms with Crippen LogP contribution in [0.2, 0.25) is 0 Å². The van der Waals surface area contributed by atoms with Gasteiger partial charge in [0.1, 0.15) is 11.4 Å². The first-order valence-electron chi connectivity index (χ1n) is 4.83. The Kier molecular flexibility index (Phi) is 5.06. The van der Waals surface area contributed by atoms with E-state index in [1.807, 2.05) is 0 Å². The molecule has 0 heterocycles. The standard InChI is InChI=1S/C12H20NO.HI/c1-9-7-11(13(3,4)5)8-12(14-6)10(9)2;/h7-8H,1-6H3;1H/q+1;/p-1. The van der Waals surface area contributed by atoms with Crippen molar-refractivity contribution in [3.8, 4) is 5.75 Å². The lowest BCUT2D eigenvalue weighted by molar-refractivity contribution is -0.00000363. The van der Waals surface area contributed by atoms with Crippen LogP contribution in [-0.2, 0) is 0 Å². The minimum Gasteiger partial charge on any atom is -1.00 e. The summed E-state index contributed by atoms with van der Waals surface area (Å²) in [5.74, 6) is 0.980. The summed E-state index contributed by atoms with van der Waals surface area (Å²) >= 11 is 0. The van der Waals surface area contributed by atoms with Gasteiger partial charge >= 0.3 is 0 Å². The highest BCUT2D eigenvalue weighted by Crippen LogP contribution is 2.29. The molecule has 0 unspecified atom stereocenters. The van der Waals surface area contributed by atoms with Gasteiger partial charge in [-0.25, -0.2) is 0 Å². The number of hydrogen-bond donors (Lipinski definition) is 0. The van der Waals surface area contributed by atoms with Gasteiger partial charge in [0.15, 0.2) is 0 Å². The number of halogens is 1. The van der Waals surface area contributed by atoms with Crippen LogP contribution >= 0.6 is 0 Å². The van der Waals surface area contributed by atoms with E-state index < -0.39 is 0 Å². The Hall–Kier alpha value is -0.290. The molecule has 2 nitrogen and oxygen atoms in total. The van der Waals surface area contributed by atoms with E-state index in [0.29, 0.717) is 0 Å². The quantitative estimate of drug-likeness (QED) is 0.528. The summed E-state index contributed by atoms with van der Waals surface area (Å²) in [4.78, 5) is 0. The molecule has 1 aromatic rings. The highest BCUT2D eigenvalue weighted by molar-refractivity contribution is 5.53. The predicted molar refractivity (Wildman–Crippen MR) is 62.0 cm³/mol. The maximum absolute atomic E-state index is 5.35. The Labute approximate surface area is 110 Å². The van der Waals surface area contributed by atoms with Crippen LogP contribution in [0.5, 0.6) is 5.75 Å². The van der Waals surface area contributed by atoms with Gasteiger partial charge in [-0.1, -0.05) is 0 Å². The van der Waals surface area contributed by atoms with E-state index in [1.165, 1.54) is 16.8 Å². The van der Waals surface area contributed by atoms with Crippen molar-refractivity contribution in [2.75, 3.05) is 28.3 Å². The van der Waals surface area contributed by atoms with Gasteiger partial charge in [0.2, 0.25) is 0 Å². The van der Waals surface area contributed by atoms with Crippen LogP contribution in [-0.4, -0.2) is 28.3 Å². The normalized spacial score (nSPS) is 10.8. The Morgan fingerprint density at radius 2 is 1.60 bits per heavy atom. The number of aryl methyl sites for hydroxylation is 1. The first-order valence-corrected chi connectivity index (χ1v) is 4.83. The number of rotatable bonds is 2. The van der Waals surface area contributed by atoms with E-state index in [-0.39, 0.29) is 24.0 Å². The SMILES string of the molecule is COc1cc([N+](C)(C)C)cc(C)c1C.[I-]. The van der Waals surface area contributed by atoms with E-state index in [9.17, 15) is 0 Å². The van der Waals surface area contributed by atoms with Crippen molar-refractivity contribution in [2.24, 2.45) is 0 Å². The van der Waals surface area contributed by atoms with Crippen molar-refractivity contribution in [3.63, 3.8) is 0 Å². The zero-order valence-electron chi connectivity index (χ0n) is 10.4. The summed E-state index contributed by atoms with van der Waals surface area (Å²) in [6.07, 6.45) is 0. The van der Waals surface area contributed by atoms with Crippen LogP contribution in [0, 0.1) is 13.8 Å². The van der Waals surface area contributed by atoms with Crippen LogP contribution in [0.15, 0.2) is 12.1 Å². The summed E-state index contributed by atoms with van der Waals surface area (Å²) < 4.78 is 6.17. The average molecular weight is 321 g/mol. The fourth-order valence-corrected chi connectivity index (χ4v) is 1.41. The average Bonchev–Trinajstić information content (AvgIpc) is 2.07. The van der Waals surface area contributed by atoms with Crippen molar-refractivity contribution < 1.29 is 28.7 Å². The van der Waals surface area contributed by atoms with E-state index in [4.69, 9.17) is 4.74 Å². The third-order valence-electron chi connectivity index (χ3n) is 2.60. The first-order chi connectivity index (χ1) is 6.36. The van der Waals surface area contributed by atoms with E-state index in [0.717, 1.165) is 10.2 Å². The molecule has 0 aliphatic rings. The molecule has 0 saturated carbocycles. The molecular weight excluding hydrogens is 301 g/mol. The summed E-state index contributed by atoms with van der Waals surface area (Å²) in [5, 5.41) is 0. The van der Waals surface area contributed by atoms with E-state index in [2.05, 4.69) is 47.1 Å². The maximum Gasteiger partial charge on any atom is 0.136 e. The molecule has 15 heavy (non-hydrogen) atoms. The fourth-order valence-electron chi connectivity index (χ4n) is 1.41. The van der Waals surface area contributed by atoms with E-state index >= 15 is 0 Å². The smallest absolute Gasteiger partial charge is 0.136 e. The van der Waals surface area contributed by atoms with Crippen LogP contribution < -0.4 is 33.2 Å². The number of methoxy groups -OCH3 is 1. The second-order valence-corrected chi connectivity index (χ2v) is 4.60. The van der Waals surface area contributed by atoms with Gasteiger partial charge in [-0.3, -0.25) is 4.48 Å². The number of ether oxygens (including phenoxy) is 1. The summed E-state index contributed by atoms with van der Waals surface area (Å²) in [6, 6.07) is 4.33. The van der Waals surface area contributed by atoms with E-state index in [1.54, 1.807) is 7.11 Å². The topological polar surface area (TPSA) is 9.23 Å². The molecular formula is C12H20INO. The summed E-state index contributed by atoms with van der Waals surface area (Å²) in [5.41, 5.74) is 3.78. The number of hydrogen-bond acceptors (Lipinski definition) is 1. The number of nitrogens with zero attached hydrogens (tertiary/aromatic N) is 1. The molecule has 0 aliphatic carbocycles. The van der Waals surface area contributed by atoms with Crippen molar-refractivity contribution in [1.29, 1.82) is 0 Å². The lowest BCUT2D eigenvalue weighted by Crippen LogP contribution is -3.00. The van der Waals surface area contributed by atoms with Crippen molar-refractivity contribution in [3.05, 3.63) is 23.3 Å². The van der Waals surface area contributed by atoms with Gasteiger partial charge in [-0.05, 0) is 25.0 Å². The molecule has 0 atom stereocenters. The second-order valence-electron chi connectivity index (χ2n) is 4.60. The Morgan fingerprint density at radius 1 is 1.07 bits per heavy atom. The fraction of sp³-hybridized carbons (Fsp3) is 0.500. The van der Waals surface area contributed by atoms with Crippen molar-refractivity contribution in [2.45, 2.75) is 13.8 Å². The molecule has 1 rings (SSSR count). The summed E-state index contributed by atoms with van der Waals surface area (Å²) in [6.45, 7) is 4.21. The molecule has 0 saturated heterocycles. The minimum atomic E-state index is 0. The molecule has 0 N–H and O–H groups in total. The zero-order chi connectivity index (χ0) is 10.9. The Balaban J connectivity index is 0.00000196. The minimum absolute atomic E-state index is 0. The highest BCUT2D eigenvalue weighted by atomic mass is 127. The molecule has 1 aromatic carbocycles. The monoisotopic (exact) mass is 321 g/mol. The molecule has 0 radical (unpaired) electrons. The molecule has 0 fully saturated rings. The molecule has 0 aromatic heterocycles. The highest BCUT2D eigenvalue weighted by Gasteiger charge is 2.15. The van der Waals surface area contributed by atoms with Crippen LogP contribution in [0.25, 0.3) is 0 Å². The first kappa shape index (κ1) is 14.7. The van der Waals surface area contributed by atoms with Gasteiger partial charge < -0.3 is 28.7 Å². The van der Waals surface area contributed by atoms with Crippen molar-refractivity contribution in [1.82, 2.24) is 4.48 Å². The molecule has 86 valence electrons. The third kappa shape index (κ3) is 3.34. The zero-order valence-corrected chi connectivity index (χ0v) is 12.5. The number of benzene rings is 1. The third-order valence-corrected chi connectivity index (χ3v) is 2.60. The van der Waals surface area contributed by atoms with Crippen LogP contribution in [0.1, 0.15) is 11.1 Å².